The molecule has 1 aliphatic heterocycles. The first-order valence-electron chi connectivity index (χ1n) is 12.4. The summed E-state index contributed by atoms with van der Waals surface area (Å²) in [5.41, 5.74) is 4.21. The first-order valence-corrected chi connectivity index (χ1v) is 12.4. The zero-order chi connectivity index (χ0) is 25.1. The summed E-state index contributed by atoms with van der Waals surface area (Å²) in [5, 5.41) is 15.2. The number of aromatic nitrogens is 4. The molecule has 1 aliphatic carbocycles. The molecule has 0 bridgehead atoms. The van der Waals surface area contributed by atoms with Gasteiger partial charge in [0.15, 0.2) is 11.5 Å². The fourth-order valence-corrected chi connectivity index (χ4v) is 4.80. The molecule has 2 heterocycles. The molecule has 1 unspecified atom stereocenters. The molecule has 36 heavy (non-hydrogen) atoms. The van der Waals surface area contributed by atoms with E-state index in [1.807, 2.05) is 37.3 Å². The molecule has 9 heteroatoms. The highest BCUT2D eigenvalue weighted by Gasteiger charge is 2.36. The average molecular weight is 490 g/mol. The highest BCUT2D eigenvalue weighted by atomic mass is 16.5. The van der Waals surface area contributed by atoms with Gasteiger partial charge in [0, 0.05) is 5.70 Å². The summed E-state index contributed by atoms with van der Waals surface area (Å²) in [5.74, 6) is 1.28. The first kappa shape index (κ1) is 23.8. The van der Waals surface area contributed by atoms with Gasteiger partial charge in [-0.3, -0.25) is 0 Å². The van der Waals surface area contributed by atoms with Crippen LogP contribution in [0.5, 0.6) is 11.5 Å². The summed E-state index contributed by atoms with van der Waals surface area (Å²) in [6.07, 6.45) is 5.08. The van der Waals surface area contributed by atoms with Gasteiger partial charge in [-0.05, 0) is 73.2 Å². The number of esters is 1. The molecule has 1 saturated carbocycles. The van der Waals surface area contributed by atoms with E-state index in [2.05, 4.69) is 39.9 Å². The number of aryl methyl sites for hydroxylation is 1. The molecule has 3 aromatic rings. The first-order chi connectivity index (χ1) is 17.5. The number of benzene rings is 2. The molecule has 1 aromatic heterocycles. The van der Waals surface area contributed by atoms with E-state index in [-0.39, 0.29) is 12.1 Å². The van der Waals surface area contributed by atoms with E-state index in [0.29, 0.717) is 35.3 Å². The van der Waals surface area contributed by atoms with Gasteiger partial charge in [0.05, 0.1) is 12.7 Å². The van der Waals surface area contributed by atoms with Crippen LogP contribution in [-0.4, -0.2) is 39.4 Å². The molecule has 0 spiro atoms. The van der Waals surface area contributed by atoms with Crippen LogP contribution in [-0.2, 0) is 16.1 Å². The molecule has 1 atom stereocenters. The summed E-state index contributed by atoms with van der Waals surface area (Å²) in [4.78, 5) is 13.4. The fraction of sp³-hybridized carbons (Fsp3) is 0.407. The molecule has 1 N–H and O–H groups in total. The number of hydrogen-bond acceptors (Lipinski definition) is 8. The molecule has 5 rings (SSSR count). The topological polar surface area (TPSA) is 100 Å². The van der Waals surface area contributed by atoms with Gasteiger partial charge in [0.1, 0.15) is 18.8 Å². The number of carbonyl (C=O) groups excluding carboxylic acids is 1. The van der Waals surface area contributed by atoms with Gasteiger partial charge in [-0.2, -0.15) is 4.68 Å². The van der Waals surface area contributed by atoms with Crippen molar-refractivity contribution in [1.82, 2.24) is 20.2 Å². The summed E-state index contributed by atoms with van der Waals surface area (Å²) < 4.78 is 19.3. The van der Waals surface area contributed by atoms with Crippen LogP contribution in [0.3, 0.4) is 0 Å². The zero-order valence-electron chi connectivity index (χ0n) is 20.9. The lowest BCUT2D eigenvalue weighted by Crippen LogP contribution is -2.32. The Morgan fingerprint density at radius 1 is 1.06 bits per heavy atom. The number of carbonyl (C=O) groups is 1. The van der Waals surface area contributed by atoms with E-state index in [0.717, 1.165) is 36.8 Å². The second-order valence-electron chi connectivity index (χ2n) is 9.36. The van der Waals surface area contributed by atoms with Crippen molar-refractivity contribution in [3.63, 3.8) is 0 Å². The lowest BCUT2D eigenvalue weighted by Gasteiger charge is -2.29. The van der Waals surface area contributed by atoms with Crippen LogP contribution in [0.4, 0.5) is 5.95 Å². The van der Waals surface area contributed by atoms with Crippen molar-refractivity contribution < 1.29 is 19.0 Å². The van der Waals surface area contributed by atoms with Crippen LogP contribution in [0.15, 0.2) is 53.7 Å². The quantitative estimate of drug-likeness (QED) is 0.475. The third-order valence-electron chi connectivity index (χ3n) is 6.78. The number of methoxy groups -OCH3 is 1. The summed E-state index contributed by atoms with van der Waals surface area (Å²) >= 11 is 0. The largest absolute Gasteiger partial charge is 0.493 e. The van der Waals surface area contributed by atoms with Crippen LogP contribution in [0.2, 0.25) is 0 Å². The van der Waals surface area contributed by atoms with E-state index in [1.165, 1.54) is 12.0 Å². The predicted molar refractivity (Wildman–Crippen MR) is 134 cm³/mol. The molecule has 2 aromatic carbocycles. The molecule has 2 aliphatic rings. The van der Waals surface area contributed by atoms with Crippen molar-refractivity contribution in [2.45, 2.75) is 64.7 Å². The monoisotopic (exact) mass is 489 g/mol. The molecular weight excluding hydrogens is 458 g/mol. The van der Waals surface area contributed by atoms with Crippen LogP contribution in [0.1, 0.15) is 61.8 Å². The summed E-state index contributed by atoms with van der Waals surface area (Å²) in [6, 6.07) is 13.3. The van der Waals surface area contributed by atoms with Gasteiger partial charge in [0.2, 0.25) is 5.95 Å². The number of anilines is 1. The lowest BCUT2D eigenvalue weighted by molar-refractivity contribution is -0.146. The van der Waals surface area contributed by atoms with Crippen LogP contribution < -0.4 is 14.8 Å². The van der Waals surface area contributed by atoms with Gasteiger partial charge < -0.3 is 19.5 Å². The summed E-state index contributed by atoms with van der Waals surface area (Å²) in [6.45, 7) is 4.32. The fourth-order valence-electron chi connectivity index (χ4n) is 4.80. The van der Waals surface area contributed by atoms with Crippen molar-refractivity contribution in [3.8, 4) is 11.5 Å². The smallest absolute Gasteiger partial charge is 0.338 e. The highest BCUT2D eigenvalue weighted by Crippen LogP contribution is 2.39. The van der Waals surface area contributed by atoms with Crippen LogP contribution >= 0.6 is 0 Å². The van der Waals surface area contributed by atoms with Crippen molar-refractivity contribution in [2.75, 3.05) is 12.4 Å². The minimum Gasteiger partial charge on any atom is -0.493 e. The maximum atomic E-state index is 13.4. The Kier molecular flexibility index (Phi) is 6.88. The second kappa shape index (κ2) is 10.4. The number of hydrogen-bond donors (Lipinski definition) is 1. The SMILES string of the molecule is COc1cc(C2C(C(=O)OC3CCCCC3)=C(C)Nc3nnnn32)ccc1OCc1ccc(C)cc1. The number of tetrazole rings is 1. The van der Waals surface area contributed by atoms with Crippen molar-refractivity contribution >= 4 is 11.9 Å². The number of ether oxygens (including phenoxy) is 3. The van der Waals surface area contributed by atoms with Crippen LogP contribution in [0.25, 0.3) is 0 Å². The third-order valence-corrected chi connectivity index (χ3v) is 6.78. The highest BCUT2D eigenvalue weighted by molar-refractivity contribution is 5.92. The van der Waals surface area contributed by atoms with E-state index < -0.39 is 6.04 Å². The van der Waals surface area contributed by atoms with Crippen molar-refractivity contribution in [3.05, 3.63) is 70.4 Å². The Hall–Kier alpha value is -3.88. The second-order valence-corrected chi connectivity index (χ2v) is 9.36. The molecule has 1 fully saturated rings. The third kappa shape index (κ3) is 4.91. The van der Waals surface area contributed by atoms with Crippen molar-refractivity contribution in [1.29, 1.82) is 0 Å². The molecule has 0 amide bonds. The zero-order valence-corrected chi connectivity index (χ0v) is 20.9. The van der Waals surface area contributed by atoms with E-state index in [1.54, 1.807) is 11.8 Å². The van der Waals surface area contributed by atoms with E-state index >= 15 is 0 Å². The Balaban J connectivity index is 1.43. The maximum Gasteiger partial charge on any atom is 0.338 e. The van der Waals surface area contributed by atoms with Gasteiger partial charge in [0.25, 0.3) is 0 Å². The predicted octanol–water partition coefficient (Wildman–Crippen LogP) is 4.73. The number of nitrogens with zero attached hydrogens (tertiary/aromatic N) is 4. The minimum atomic E-state index is -0.563. The maximum absolute atomic E-state index is 13.4. The number of nitrogens with one attached hydrogen (secondary N) is 1. The Labute approximate surface area is 210 Å². The van der Waals surface area contributed by atoms with E-state index in [4.69, 9.17) is 14.2 Å². The van der Waals surface area contributed by atoms with E-state index in [9.17, 15) is 4.79 Å². The van der Waals surface area contributed by atoms with Crippen LogP contribution in [0, 0.1) is 6.92 Å². The Morgan fingerprint density at radius 3 is 2.58 bits per heavy atom. The number of fused-ring (bicyclic) bond motifs is 1. The minimum absolute atomic E-state index is 0.0606. The van der Waals surface area contributed by atoms with Gasteiger partial charge in [-0.15, -0.1) is 0 Å². The Bertz CT molecular complexity index is 1260. The normalized spacial score (nSPS) is 17.8. The molecule has 0 radical (unpaired) electrons. The number of allylic oxidation sites excluding steroid dienone is 1. The molecular formula is C27H31N5O4. The van der Waals surface area contributed by atoms with Gasteiger partial charge >= 0.3 is 5.97 Å². The lowest BCUT2D eigenvalue weighted by atomic mass is 9.94. The standard InChI is InChI=1S/C27H31N5O4/c1-17-9-11-19(12-10-17)16-35-22-14-13-20(15-23(22)34-3)25-24(18(2)28-27-29-30-31-32(25)27)26(33)36-21-7-5-4-6-8-21/h9-15,21,25H,4-8,16H2,1-3H3,(H,28,29,31). The number of rotatable bonds is 7. The van der Waals surface area contributed by atoms with Gasteiger partial charge in [-0.25, -0.2) is 4.79 Å². The molecule has 0 saturated heterocycles. The van der Waals surface area contributed by atoms with Crippen molar-refractivity contribution in [2.24, 2.45) is 0 Å². The summed E-state index contributed by atoms with van der Waals surface area (Å²) in [7, 11) is 1.60. The Morgan fingerprint density at radius 2 is 1.83 bits per heavy atom. The van der Waals surface area contributed by atoms with Gasteiger partial charge in [-0.1, -0.05) is 47.4 Å². The average Bonchev–Trinajstić information content (AvgIpc) is 3.36. The molecule has 188 valence electrons. The molecule has 9 nitrogen and oxygen atoms in total.